The molecule has 1 amide bonds. The smallest absolute Gasteiger partial charge is 0.222 e. The number of likely N-dealkylation sites (tertiary alicyclic amines) is 1. The fourth-order valence-corrected chi connectivity index (χ4v) is 3.69. The molecule has 1 fully saturated rings. The molecule has 0 spiro atoms. The summed E-state index contributed by atoms with van der Waals surface area (Å²) in [5, 5.41) is 2.09. The Labute approximate surface area is 129 Å². The predicted molar refractivity (Wildman–Crippen MR) is 84.3 cm³/mol. The molecule has 1 aliphatic rings. The van der Waals surface area contributed by atoms with Crippen LogP contribution in [0.5, 0.6) is 0 Å². The van der Waals surface area contributed by atoms with Gasteiger partial charge in [0.15, 0.2) is 0 Å². The number of hydrogen-bond donors (Lipinski definition) is 0. The van der Waals surface area contributed by atoms with Crippen LogP contribution >= 0.6 is 11.3 Å². The van der Waals surface area contributed by atoms with Gasteiger partial charge in [0.25, 0.3) is 0 Å². The molecule has 21 heavy (non-hydrogen) atoms. The van der Waals surface area contributed by atoms with Crippen molar-refractivity contribution in [2.24, 2.45) is 0 Å². The Hall–Kier alpha value is -1.62. The van der Waals surface area contributed by atoms with Crippen molar-refractivity contribution in [3.05, 3.63) is 41.1 Å². The van der Waals surface area contributed by atoms with Crippen LogP contribution in [0.2, 0.25) is 0 Å². The molecule has 2 aromatic heterocycles. The van der Waals surface area contributed by atoms with Gasteiger partial charge in [0.2, 0.25) is 5.91 Å². The maximum absolute atomic E-state index is 12.3. The molecule has 0 N–H and O–H groups in total. The van der Waals surface area contributed by atoms with E-state index in [0.29, 0.717) is 18.4 Å². The number of hydrogen-bond acceptors (Lipinski definition) is 3. The molecular formula is C16H21N3OS. The lowest BCUT2D eigenvalue weighted by Gasteiger charge is -2.33. The second-order valence-electron chi connectivity index (χ2n) is 5.58. The average Bonchev–Trinajstić information content (AvgIpc) is 3.21. The van der Waals surface area contributed by atoms with Crippen LogP contribution in [0.1, 0.15) is 36.6 Å². The molecule has 4 nitrogen and oxygen atoms in total. The molecule has 0 aromatic carbocycles. The molecule has 0 radical (unpaired) electrons. The monoisotopic (exact) mass is 303 g/mol. The fraction of sp³-hybridized carbons (Fsp3) is 0.500. The van der Waals surface area contributed by atoms with Gasteiger partial charge in [0.05, 0.1) is 12.4 Å². The van der Waals surface area contributed by atoms with Gasteiger partial charge in [-0.15, -0.1) is 11.3 Å². The second-order valence-corrected chi connectivity index (χ2v) is 6.61. The highest BCUT2D eigenvalue weighted by Crippen LogP contribution is 2.22. The molecule has 5 heteroatoms. The first-order chi connectivity index (χ1) is 10.3. The first kappa shape index (κ1) is 14.3. The first-order valence-electron chi connectivity index (χ1n) is 7.60. The van der Waals surface area contributed by atoms with Crippen molar-refractivity contribution < 1.29 is 4.79 Å². The summed E-state index contributed by atoms with van der Waals surface area (Å²) in [4.78, 5) is 19.9. The Morgan fingerprint density at radius 3 is 3.19 bits per heavy atom. The van der Waals surface area contributed by atoms with Gasteiger partial charge >= 0.3 is 0 Å². The van der Waals surface area contributed by atoms with E-state index in [2.05, 4.69) is 27.1 Å². The van der Waals surface area contributed by atoms with E-state index in [-0.39, 0.29) is 0 Å². The van der Waals surface area contributed by atoms with Gasteiger partial charge in [-0.2, -0.15) is 0 Å². The zero-order valence-electron chi connectivity index (χ0n) is 12.1. The van der Waals surface area contributed by atoms with Gasteiger partial charge in [0.1, 0.15) is 0 Å². The van der Waals surface area contributed by atoms with E-state index in [1.807, 2.05) is 23.6 Å². The Morgan fingerprint density at radius 2 is 2.43 bits per heavy atom. The number of thiophene rings is 1. The molecule has 0 aliphatic carbocycles. The third-order valence-corrected chi connectivity index (χ3v) is 5.03. The summed E-state index contributed by atoms with van der Waals surface area (Å²) < 4.78 is 2.13. The van der Waals surface area contributed by atoms with E-state index in [4.69, 9.17) is 0 Å². The molecule has 2 aromatic rings. The lowest BCUT2D eigenvalue weighted by atomic mass is 10.0. The van der Waals surface area contributed by atoms with Gasteiger partial charge < -0.3 is 9.47 Å². The van der Waals surface area contributed by atoms with Crippen LogP contribution in [0.3, 0.4) is 0 Å². The van der Waals surface area contributed by atoms with Crippen molar-refractivity contribution in [3.8, 4) is 0 Å². The fourth-order valence-electron chi connectivity index (χ4n) is 2.94. The maximum Gasteiger partial charge on any atom is 0.222 e. The van der Waals surface area contributed by atoms with Crippen molar-refractivity contribution in [1.29, 1.82) is 0 Å². The van der Waals surface area contributed by atoms with Gasteiger partial charge in [-0.3, -0.25) is 4.79 Å². The van der Waals surface area contributed by atoms with Crippen LogP contribution in [-0.4, -0.2) is 33.4 Å². The summed E-state index contributed by atoms with van der Waals surface area (Å²) in [5.74, 6) is 0.302. The number of carbonyl (C=O) groups excluding carboxylic acids is 1. The van der Waals surface area contributed by atoms with Gasteiger partial charge in [-0.25, -0.2) is 4.98 Å². The van der Waals surface area contributed by atoms with Gasteiger partial charge in [-0.05, 0) is 37.1 Å². The lowest BCUT2D eigenvalue weighted by molar-refractivity contribution is -0.132. The number of rotatable bonds is 5. The minimum absolute atomic E-state index is 0.302. The number of carbonyl (C=O) groups is 1. The molecule has 0 unspecified atom stereocenters. The topological polar surface area (TPSA) is 38.1 Å². The normalized spacial score (nSPS) is 18.9. The first-order valence-corrected chi connectivity index (χ1v) is 8.48. The van der Waals surface area contributed by atoms with Crippen LogP contribution in [-0.2, 0) is 11.2 Å². The molecule has 1 saturated heterocycles. The van der Waals surface area contributed by atoms with E-state index in [0.717, 1.165) is 38.8 Å². The van der Waals surface area contributed by atoms with E-state index >= 15 is 0 Å². The lowest BCUT2D eigenvalue weighted by Crippen LogP contribution is -2.40. The number of nitrogens with zero attached hydrogens (tertiary/aromatic N) is 3. The largest absolute Gasteiger partial charge is 0.341 e. The summed E-state index contributed by atoms with van der Waals surface area (Å²) in [7, 11) is 0. The third-order valence-electron chi connectivity index (χ3n) is 4.09. The number of aryl methyl sites for hydroxylation is 1. The highest BCUT2D eigenvalue weighted by molar-refractivity contribution is 7.09. The molecule has 112 valence electrons. The van der Waals surface area contributed by atoms with Crippen molar-refractivity contribution in [2.45, 2.75) is 38.1 Å². The summed E-state index contributed by atoms with van der Waals surface area (Å²) in [6.45, 7) is 1.73. The Kier molecular flexibility index (Phi) is 4.70. The van der Waals surface area contributed by atoms with Gasteiger partial charge in [-0.1, -0.05) is 6.07 Å². The minimum atomic E-state index is 0.302. The molecule has 0 saturated carbocycles. The zero-order chi connectivity index (χ0) is 14.5. The van der Waals surface area contributed by atoms with Crippen LogP contribution < -0.4 is 0 Å². The summed E-state index contributed by atoms with van der Waals surface area (Å²) in [6, 6.07) is 4.61. The van der Waals surface area contributed by atoms with Crippen LogP contribution in [0.25, 0.3) is 0 Å². The second kappa shape index (κ2) is 6.89. The van der Waals surface area contributed by atoms with Gasteiger partial charge in [0, 0.05) is 36.8 Å². The van der Waals surface area contributed by atoms with Crippen LogP contribution in [0, 0.1) is 0 Å². The molecule has 3 rings (SSSR count). The quantitative estimate of drug-likeness (QED) is 0.851. The standard InChI is InChI=1S/C16H21N3OS/c20-16(7-1-5-15-6-3-11-21-15)18-9-2-4-14(12-18)19-10-8-17-13-19/h3,6,8,10-11,13-14H,1-2,4-5,7,9,12H2/t14-/m1/s1. The third kappa shape index (κ3) is 3.73. The van der Waals surface area contributed by atoms with Crippen molar-refractivity contribution in [3.63, 3.8) is 0 Å². The van der Waals surface area contributed by atoms with Crippen molar-refractivity contribution in [2.75, 3.05) is 13.1 Å². The van der Waals surface area contributed by atoms with Crippen LogP contribution in [0.4, 0.5) is 0 Å². The van der Waals surface area contributed by atoms with E-state index in [9.17, 15) is 4.79 Å². The Morgan fingerprint density at radius 1 is 1.48 bits per heavy atom. The summed E-state index contributed by atoms with van der Waals surface area (Å²) in [5.41, 5.74) is 0. The molecule has 1 atom stereocenters. The highest BCUT2D eigenvalue weighted by atomic mass is 32.1. The number of aromatic nitrogens is 2. The Bertz CT molecular complexity index is 550. The maximum atomic E-state index is 12.3. The average molecular weight is 303 g/mol. The van der Waals surface area contributed by atoms with E-state index < -0.39 is 0 Å². The number of amides is 1. The SMILES string of the molecule is O=C(CCCc1cccs1)N1CCC[C@@H](n2ccnc2)C1. The number of piperidine rings is 1. The van der Waals surface area contributed by atoms with Crippen molar-refractivity contribution in [1.82, 2.24) is 14.5 Å². The summed E-state index contributed by atoms with van der Waals surface area (Å²) in [6.07, 6.45) is 10.5. The molecule has 3 heterocycles. The predicted octanol–water partition coefficient (Wildman–Crippen LogP) is 3.13. The Balaban J connectivity index is 1.48. The number of imidazole rings is 1. The molecule has 0 bridgehead atoms. The van der Waals surface area contributed by atoms with E-state index in [1.165, 1.54) is 4.88 Å². The van der Waals surface area contributed by atoms with E-state index in [1.54, 1.807) is 11.3 Å². The molecule has 1 aliphatic heterocycles. The summed E-state index contributed by atoms with van der Waals surface area (Å²) >= 11 is 1.77. The minimum Gasteiger partial charge on any atom is -0.341 e. The van der Waals surface area contributed by atoms with Crippen molar-refractivity contribution >= 4 is 17.2 Å². The molecular weight excluding hydrogens is 282 g/mol. The highest BCUT2D eigenvalue weighted by Gasteiger charge is 2.23. The zero-order valence-corrected chi connectivity index (χ0v) is 13.0. The van der Waals surface area contributed by atoms with Crippen LogP contribution in [0.15, 0.2) is 36.2 Å².